The molecule has 24 heavy (non-hydrogen) atoms. The Labute approximate surface area is 146 Å². The van der Waals surface area contributed by atoms with Crippen molar-refractivity contribution < 1.29 is 9.53 Å². The van der Waals surface area contributed by atoms with Crippen molar-refractivity contribution in [3.05, 3.63) is 46.5 Å². The maximum atomic E-state index is 12.1. The van der Waals surface area contributed by atoms with Crippen LogP contribution in [0.4, 0.5) is 0 Å². The third-order valence-corrected chi connectivity index (χ3v) is 4.52. The van der Waals surface area contributed by atoms with Gasteiger partial charge in [0, 0.05) is 30.5 Å². The van der Waals surface area contributed by atoms with Crippen LogP contribution in [0.2, 0.25) is 5.02 Å². The molecule has 1 aliphatic rings. The van der Waals surface area contributed by atoms with E-state index < -0.39 is 0 Å². The Bertz CT molecular complexity index is 703. The van der Waals surface area contributed by atoms with E-state index in [0.717, 1.165) is 43.0 Å². The first kappa shape index (κ1) is 16.9. The van der Waals surface area contributed by atoms with Crippen LogP contribution in [0, 0.1) is 0 Å². The van der Waals surface area contributed by atoms with Crippen molar-refractivity contribution in [3.63, 3.8) is 0 Å². The van der Waals surface area contributed by atoms with Crippen LogP contribution in [-0.2, 0) is 35.5 Å². The van der Waals surface area contributed by atoms with Gasteiger partial charge in [-0.05, 0) is 18.1 Å². The predicted molar refractivity (Wildman–Crippen MR) is 90.8 cm³/mol. The van der Waals surface area contributed by atoms with E-state index >= 15 is 0 Å². The Morgan fingerprint density at radius 3 is 3.04 bits per heavy atom. The number of benzene rings is 1. The molecule has 2 heterocycles. The zero-order valence-corrected chi connectivity index (χ0v) is 14.4. The van der Waals surface area contributed by atoms with Crippen molar-refractivity contribution in [1.29, 1.82) is 0 Å². The number of ether oxygens (including phenoxy) is 1. The molecule has 0 saturated heterocycles. The average Bonchev–Trinajstić information content (AvgIpc) is 2.99. The number of fused-ring (bicyclic) bond motifs is 1. The number of carbonyl (C=O) groups is 1. The van der Waals surface area contributed by atoms with Crippen LogP contribution in [0.5, 0.6) is 0 Å². The largest absolute Gasteiger partial charge is 0.367 e. The van der Waals surface area contributed by atoms with Crippen LogP contribution in [0.3, 0.4) is 0 Å². The fourth-order valence-corrected chi connectivity index (χ4v) is 3.09. The number of rotatable bonds is 6. The lowest BCUT2D eigenvalue weighted by atomic mass is 10.1. The molecular weight excluding hydrogens is 328 g/mol. The van der Waals surface area contributed by atoms with Crippen molar-refractivity contribution in [2.24, 2.45) is 0 Å². The Balaban J connectivity index is 1.47. The van der Waals surface area contributed by atoms with Crippen molar-refractivity contribution in [2.45, 2.75) is 45.4 Å². The molecule has 1 aromatic heterocycles. The molecule has 1 unspecified atom stereocenters. The van der Waals surface area contributed by atoms with Gasteiger partial charge < -0.3 is 14.6 Å². The molecule has 3 rings (SSSR count). The lowest BCUT2D eigenvalue weighted by molar-refractivity contribution is -0.127. The van der Waals surface area contributed by atoms with Gasteiger partial charge in [0.2, 0.25) is 5.91 Å². The zero-order chi connectivity index (χ0) is 16.9. The summed E-state index contributed by atoms with van der Waals surface area (Å²) in [7, 11) is 0. The highest BCUT2D eigenvalue weighted by atomic mass is 35.5. The second-order valence-electron chi connectivity index (χ2n) is 5.88. The highest BCUT2D eigenvalue weighted by Gasteiger charge is 2.23. The van der Waals surface area contributed by atoms with E-state index in [1.165, 1.54) is 0 Å². The van der Waals surface area contributed by atoms with Gasteiger partial charge >= 0.3 is 0 Å². The molecule has 1 amide bonds. The highest BCUT2D eigenvalue weighted by Crippen LogP contribution is 2.16. The number of nitrogens with zero attached hydrogens (tertiary/aromatic N) is 3. The van der Waals surface area contributed by atoms with E-state index in [4.69, 9.17) is 16.3 Å². The number of aryl methyl sites for hydroxylation is 2. The third kappa shape index (κ3) is 3.94. The third-order valence-electron chi connectivity index (χ3n) is 4.15. The van der Waals surface area contributed by atoms with Gasteiger partial charge in [-0.2, -0.15) is 0 Å². The number of amides is 1. The lowest BCUT2D eigenvalue weighted by Gasteiger charge is -2.25. The van der Waals surface area contributed by atoms with E-state index in [0.29, 0.717) is 11.6 Å². The minimum atomic E-state index is -0.110. The topological polar surface area (TPSA) is 69.0 Å². The summed E-state index contributed by atoms with van der Waals surface area (Å²) >= 11 is 6.07. The number of hydrogen-bond acceptors (Lipinski definition) is 4. The van der Waals surface area contributed by atoms with Crippen LogP contribution in [0.15, 0.2) is 24.3 Å². The standard InChI is InChI=1S/C17H21ClN4O2/c1-2-15-20-21-16-8-7-13(9-22(15)16)19-17(23)11-24-10-12-5-3-4-6-14(12)18/h3-6,13H,2,7-11H2,1H3,(H,19,23). The molecule has 2 aromatic rings. The second-order valence-corrected chi connectivity index (χ2v) is 6.29. The molecule has 1 N–H and O–H groups in total. The van der Waals surface area contributed by atoms with E-state index in [2.05, 4.69) is 27.0 Å². The monoisotopic (exact) mass is 348 g/mol. The van der Waals surface area contributed by atoms with E-state index in [9.17, 15) is 4.79 Å². The van der Waals surface area contributed by atoms with Gasteiger partial charge in [-0.15, -0.1) is 10.2 Å². The van der Waals surface area contributed by atoms with Gasteiger partial charge in [-0.1, -0.05) is 36.7 Å². The number of hydrogen-bond donors (Lipinski definition) is 1. The van der Waals surface area contributed by atoms with Crippen LogP contribution < -0.4 is 5.32 Å². The van der Waals surface area contributed by atoms with Gasteiger partial charge in [0.15, 0.2) is 0 Å². The van der Waals surface area contributed by atoms with Gasteiger partial charge in [-0.3, -0.25) is 4.79 Å². The molecule has 0 spiro atoms. The van der Waals surface area contributed by atoms with Crippen molar-refractivity contribution >= 4 is 17.5 Å². The molecule has 6 nitrogen and oxygen atoms in total. The minimum Gasteiger partial charge on any atom is -0.367 e. The highest BCUT2D eigenvalue weighted by molar-refractivity contribution is 6.31. The van der Waals surface area contributed by atoms with Gasteiger partial charge in [0.25, 0.3) is 0 Å². The van der Waals surface area contributed by atoms with E-state index in [1.807, 2.05) is 24.3 Å². The molecule has 1 aliphatic heterocycles. The summed E-state index contributed by atoms with van der Waals surface area (Å²) in [5.74, 6) is 1.87. The molecular formula is C17H21ClN4O2. The number of halogens is 1. The number of aromatic nitrogens is 3. The van der Waals surface area contributed by atoms with Crippen LogP contribution in [0.1, 0.15) is 30.6 Å². The Kier molecular flexibility index (Phi) is 5.48. The van der Waals surface area contributed by atoms with E-state index in [1.54, 1.807) is 0 Å². The van der Waals surface area contributed by atoms with Gasteiger partial charge in [0.1, 0.15) is 18.3 Å². The molecule has 0 fully saturated rings. The van der Waals surface area contributed by atoms with Gasteiger partial charge in [0.05, 0.1) is 6.61 Å². The molecule has 7 heteroatoms. The second kappa shape index (κ2) is 7.77. The van der Waals surface area contributed by atoms with E-state index in [-0.39, 0.29) is 18.6 Å². The first-order valence-corrected chi connectivity index (χ1v) is 8.56. The quantitative estimate of drug-likeness (QED) is 0.868. The summed E-state index contributed by atoms with van der Waals surface area (Å²) in [4.78, 5) is 12.1. The summed E-state index contributed by atoms with van der Waals surface area (Å²) in [5, 5.41) is 12.1. The normalized spacial score (nSPS) is 16.7. The molecule has 0 aliphatic carbocycles. The Morgan fingerprint density at radius 2 is 2.25 bits per heavy atom. The van der Waals surface area contributed by atoms with Crippen molar-refractivity contribution in [1.82, 2.24) is 20.1 Å². The lowest BCUT2D eigenvalue weighted by Crippen LogP contribution is -2.42. The van der Waals surface area contributed by atoms with Crippen LogP contribution in [0.25, 0.3) is 0 Å². The molecule has 1 aromatic carbocycles. The molecule has 0 bridgehead atoms. The predicted octanol–water partition coefficient (Wildman–Crippen LogP) is 2.14. The zero-order valence-electron chi connectivity index (χ0n) is 13.7. The van der Waals surface area contributed by atoms with Gasteiger partial charge in [-0.25, -0.2) is 0 Å². The fraction of sp³-hybridized carbons (Fsp3) is 0.471. The summed E-state index contributed by atoms with van der Waals surface area (Å²) in [6.07, 6.45) is 2.55. The minimum absolute atomic E-state index is 0.0252. The number of nitrogens with one attached hydrogen (secondary N) is 1. The van der Waals surface area contributed by atoms with Crippen LogP contribution in [-0.4, -0.2) is 33.3 Å². The summed E-state index contributed by atoms with van der Waals surface area (Å²) in [6, 6.07) is 7.56. The smallest absolute Gasteiger partial charge is 0.246 e. The maximum Gasteiger partial charge on any atom is 0.246 e. The molecule has 128 valence electrons. The summed E-state index contributed by atoms with van der Waals surface area (Å²) in [5.41, 5.74) is 0.881. The molecule has 1 atom stereocenters. The SMILES string of the molecule is CCc1nnc2n1CC(NC(=O)COCc1ccccc1Cl)CC2. The average molecular weight is 349 g/mol. The molecule has 0 saturated carbocycles. The fourth-order valence-electron chi connectivity index (χ4n) is 2.90. The molecule has 0 radical (unpaired) electrons. The van der Waals surface area contributed by atoms with Crippen molar-refractivity contribution in [3.8, 4) is 0 Å². The first-order valence-electron chi connectivity index (χ1n) is 8.18. The Morgan fingerprint density at radius 1 is 1.42 bits per heavy atom. The van der Waals surface area contributed by atoms with Crippen molar-refractivity contribution in [2.75, 3.05) is 6.61 Å². The number of carbonyl (C=O) groups excluding carboxylic acids is 1. The van der Waals surface area contributed by atoms with Crippen LogP contribution >= 0.6 is 11.6 Å². The first-order chi connectivity index (χ1) is 11.7. The summed E-state index contributed by atoms with van der Waals surface area (Å²) in [6.45, 7) is 3.13. The summed E-state index contributed by atoms with van der Waals surface area (Å²) < 4.78 is 7.59. The Hall–Kier alpha value is -1.92. The maximum absolute atomic E-state index is 12.1.